The van der Waals surface area contributed by atoms with Crippen molar-refractivity contribution in [2.24, 2.45) is 5.73 Å². The monoisotopic (exact) mass is 305 g/mol. The molecule has 114 valence electrons. The van der Waals surface area contributed by atoms with Gasteiger partial charge in [-0.3, -0.25) is 4.90 Å². The summed E-state index contributed by atoms with van der Waals surface area (Å²) in [6, 6.07) is 2.69. The van der Waals surface area contributed by atoms with Gasteiger partial charge in [0.15, 0.2) is 0 Å². The fraction of sp³-hybridized carbons (Fsp3) is 0.600. The Balaban J connectivity index is 1.69. The molecular formula is C15H23N5S. The van der Waals surface area contributed by atoms with Gasteiger partial charge in [0.2, 0.25) is 0 Å². The maximum Gasteiger partial charge on any atom is 0.150 e. The Morgan fingerprint density at radius 3 is 2.81 bits per heavy atom. The molecule has 1 unspecified atom stereocenters. The van der Waals surface area contributed by atoms with Crippen LogP contribution in [0.2, 0.25) is 0 Å². The first-order valence-electron chi connectivity index (χ1n) is 7.70. The molecule has 1 aliphatic rings. The van der Waals surface area contributed by atoms with Gasteiger partial charge in [-0.15, -0.1) is 11.3 Å². The number of piperazine rings is 1. The van der Waals surface area contributed by atoms with Gasteiger partial charge in [0.1, 0.15) is 12.1 Å². The van der Waals surface area contributed by atoms with Crippen LogP contribution in [0, 0.1) is 0 Å². The fourth-order valence-electron chi connectivity index (χ4n) is 3.14. The van der Waals surface area contributed by atoms with Crippen LogP contribution in [0.3, 0.4) is 0 Å². The van der Waals surface area contributed by atoms with E-state index in [9.17, 15) is 0 Å². The van der Waals surface area contributed by atoms with Gasteiger partial charge in [-0.2, -0.15) is 0 Å². The number of aromatic nitrogens is 2. The fourth-order valence-corrected chi connectivity index (χ4v) is 4.00. The zero-order valence-corrected chi connectivity index (χ0v) is 13.4. The Hall–Kier alpha value is -1.24. The molecule has 1 aliphatic heterocycles. The van der Waals surface area contributed by atoms with Crippen molar-refractivity contribution in [3.05, 3.63) is 17.8 Å². The summed E-state index contributed by atoms with van der Waals surface area (Å²) in [5.74, 6) is 1.10. The van der Waals surface area contributed by atoms with Gasteiger partial charge in [0.25, 0.3) is 0 Å². The Morgan fingerprint density at radius 2 is 2.10 bits per heavy atom. The van der Waals surface area contributed by atoms with Crippen molar-refractivity contribution in [1.82, 2.24) is 14.9 Å². The number of rotatable bonds is 5. The Morgan fingerprint density at radius 1 is 1.29 bits per heavy atom. The highest BCUT2D eigenvalue weighted by Crippen LogP contribution is 2.28. The summed E-state index contributed by atoms with van der Waals surface area (Å²) in [6.07, 6.45) is 3.96. The maximum atomic E-state index is 5.73. The number of nitrogens with zero attached hydrogens (tertiary/aromatic N) is 4. The van der Waals surface area contributed by atoms with Gasteiger partial charge < -0.3 is 10.6 Å². The third-order valence-electron chi connectivity index (χ3n) is 4.33. The van der Waals surface area contributed by atoms with E-state index in [1.807, 2.05) is 0 Å². The average Bonchev–Trinajstić information content (AvgIpc) is 3.01. The molecule has 0 spiro atoms. The molecule has 0 radical (unpaired) electrons. The lowest BCUT2D eigenvalue weighted by atomic mass is 10.1. The van der Waals surface area contributed by atoms with E-state index in [0.29, 0.717) is 6.04 Å². The predicted octanol–water partition coefficient (Wildman–Crippen LogP) is 1.94. The Labute approximate surface area is 129 Å². The van der Waals surface area contributed by atoms with Crippen LogP contribution in [0.15, 0.2) is 17.8 Å². The summed E-state index contributed by atoms with van der Waals surface area (Å²) >= 11 is 1.73. The molecule has 3 rings (SSSR count). The number of hydrogen-bond donors (Lipinski definition) is 1. The summed E-state index contributed by atoms with van der Waals surface area (Å²) < 4.78 is 1.21. The minimum Gasteiger partial charge on any atom is -0.353 e. The highest BCUT2D eigenvalue weighted by molar-refractivity contribution is 7.17. The Bertz CT molecular complexity index is 576. The largest absolute Gasteiger partial charge is 0.353 e. The van der Waals surface area contributed by atoms with Crippen molar-refractivity contribution in [3.63, 3.8) is 0 Å². The molecule has 0 saturated carbocycles. The summed E-state index contributed by atoms with van der Waals surface area (Å²) in [5, 5.41) is 2.09. The molecule has 1 atom stereocenters. The topological polar surface area (TPSA) is 58.3 Å². The zero-order valence-electron chi connectivity index (χ0n) is 12.5. The van der Waals surface area contributed by atoms with Crippen molar-refractivity contribution in [2.75, 3.05) is 37.6 Å². The van der Waals surface area contributed by atoms with Crippen LogP contribution in [0.5, 0.6) is 0 Å². The van der Waals surface area contributed by atoms with E-state index in [1.54, 1.807) is 17.7 Å². The average molecular weight is 305 g/mol. The predicted molar refractivity (Wildman–Crippen MR) is 89.0 cm³/mol. The Kier molecular flexibility index (Phi) is 4.67. The molecule has 2 aromatic rings. The van der Waals surface area contributed by atoms with Crippen LogP contribution in [0.25, 0.3) is 10.2 Å². The molecule has 6 heteroatoms. The van der Waals surface area contributed by atoms with Gasteiger partial charge >= 0.3 is 0 Å². The second-order valence-electron chi connectivity index (χ2n) is 5.49. The van der Waals surface area contributed by atoms with E-state index in [4.69, 9.17) is 5.73 Å². The van der Waals surface area contributed by atoms with Gasteiger partial charge in [0.05, 0.1) is 10.2 Å². The number of nitrogens with two attached hydrogens (primary N) is 1. The number of anilines is 1. The molecule has 21 heavy (non-hydrogen) atoms. The number of hydrogen-bond acceptors (Lipinski definition) is 6. The third kappa shape index (κ3) is 3.02. The molecule has 0 amide bonds. The van der Waals surface area contributed by atoms with Crippen molar-refractivity contribution in [1.29, 1.82) is 0 Å². The molecule has 0 aliphatic carbocycles. The quantitative estimate of drug-likeness (QED) is 0.915. The molecular weight excluding hydrogens is 282 g/mol. The van der Waals surface area contributed by atoms with E-state index < -0.39 is 0 Å². The first-order chi connectivity index (χ1) is 10.3. The molecule has 0 aromatic carbocycles. The molecule has 1 saturated heterocycles. The van der Waals surface area contributed by atoms with Gasteiger partial charge in [-0.05, 0) is 30.8 Å². The second-order valence-corrected chi connectivity index (χ2v) is 6.41. The van der Waals surface area contributed by atoms with Crippen molar-refractivity contribution >= 4 is 27.4 Å². The zero-order chi connectivity index (χ0) is 14.7. The number of thiophene rings is 1. The standard InChI is InChI=1S/C15H23N5S/c1-2-12(3-5-16)19-6-8-20(9-7-19)15-14-13(4-10-21-14)17-11-18-15/h4,10-12H,2-3,5-9,16H2,1H3. The minimum atomic E-state index is 0.629. The van der Waals surface area contributed by atoms with Crippen LogP contribution < -0.4 is 10.6 Å². The summed E-state index contributed by atoms with van der Waals surface area (Å²) in [7, 11) is 0. The lowest BCUT2D eigenvalue weighted by Crippen LogP contribution is -2.50. The second kappa shape index (κ2) is 6.68. The van der Waals surface area contributed by atoms with Crippen molar-refractivity contribution in [3.8, 4) is 0 Å². The van der Waals surface area contributed by atoms with E-state index in [0.717, 1.165) is 50.5 Å². The van der Waals surface area contributed by atoms with Crippen LogP contribution >= 0.6 is 11.3 Å². The van der Waals surface area contributed by atoms with Gasteiger partial charge in [0, 0.05) is 32.2 Å². The highest BCUT2D eigenvalue weighted by atomic mass is 32.1. The van der Waals surface area contributed by atoms with Crippen LogP contribution in [-0.4, -0.2) is 53.6 Å². The van der Waals surface area contributed by atoms with Gasteiger partial charge in [-0.1, -0.05) is 6.92 Å². The number of fused-ring (bicyclic) bond motifs is 1. The molecule has 1 fully saturated rings. The van der Waals surface area contributed by atoms with Crippen molar-refractivity contribution < 1.29 is 0 Å². The normalized spacial score (nSPS) is 18.3. The SMILES string of the molecule is CCC(CCN)N1CCN(c2ncnc3ccsc23)CC1. The van der Waals surface area contributed by atoms with Crippen LogP contribution in [0.4, 0.5) is 5.82 Å². The van der Waals surface area contributed by atoms with Crippen LogP contribution in [0.1, 0.15) is 19.8 Å². The summed E-state index contributed by atoms with van der Waals surface area (Å²) in [5.41, 5.74) is 6.79. The first-order valence-corrected chi connectivity index (χ1v) is 8.58. The third-order valence-corrected chi connectivity index (χ3v) is 5.23. The van der Waals surface area contributed by atoms with E-state index in [1.165, 1.54) is 11.1 Å². The van der Waals surface area contributed by atoms with Crippen molar-refractivity contribution in [2.45, 2.75) is 25.8 Å². The van der Waals surface area contributed by atoms with E-state index >= 15 is 0 Å². The lowest BCUT2D eigenvalue weighted by molar-refractivity contribution is 0.173. The molecule has 5 nitrogen and oxygen atoms in total. The summed E-state index contributed by atoms with van der Waals surface area (Å²) in [6.45, 7) is 7.29. The first kappa shape index (κ1) is 14.7. The molecule has 2 N–H and O–H groups in total. The van der Waals surface area contributed by atoms with E-state index in [2.05, 4.69) is 38.1 Å². The maximum absolute atomic E-state index is 5.73. The molecule has 3 heterocycles. The summed E-state index contributed by atoms with van der Waals surface area (Å²) in [4.78, 5) is 13.8. The molecule has 2 aromatic heterocycles. The minimum absolute atomic E-state index is 0.629. The van der Waals surface area contributed by atoms with Crippen LogP contribution in [-0.2, 0) is 0 Å². The van der Waals surface area contributed by atoms with E-state index in [-0.39, 0.29) is 0 Å². The van der Waals surface area contributed by atoms with Gasteiger partial charge in [-0.25, -0.2) is 9.97 Å². The smallest absolute Gasteiger partial charge is 0.150 e. The highest BCUT2D eigenvalue weighted by Gasteiger charge is 2.24. The molecule has 0 bridgehead atoms. The lowest BCUT2D eigenvalue weighted by Gasteiger charge is -2.39.